The molecule has 0 saturated carbocycles. The molecule has 27 heavy (non-hydrogen) atoms. The molecule has 0 radical (unpaired) electrons. The van der Waals surface area contributed by atoms with Crippen molar-refractivity contribution in [2.75, 3.05) is 13.7 Å². The summed E-state index contributed by atoms with van der Waals surface area (Å²) >= 11 is 3.38. The Morgan fingerprint density at radius 3 is 2.74 bits per heavy atom. The van der Waals surface area contributed by atoms with Crippen molar-refractivity contribution in [3.8, 4) is 11.5 Å². The molecular weight excluding hydrogens is 424 g/mol. The summed E-state index contributed by atoms with van der Waals surface area (Å²) in [5.74, 6) is 0.0263. The van der Waals surface area contributed by atoms with Gasteiger partial charge in [0, 0.05) is 11.9 Å². The van der Waals surface area contributed by atoms with Gasteiger partial charge >= 0.3 is 6.61 Å². The van der Waals surface area contributed by atoms with Crippen molar-refractivity contribution in [1.29, 1.82) is 0 Å². The van der Waals surface area contributed by atoms with E-state index in [-0.39, 0.29) is 23.2 Å². The van der Waals surface area contributed by atoms with E-state index in [2.05, 4.69) is 26.0 Å². The number of amides is 1. The molecule has 1 amide bonds. The monoisotopic (exact) mass is 439 g/mol. The highest BCUT2D eigenvalue weighted by atomic mass is 79.9. The maximum Gasteiger partial charge on any atom is 0.387 e. The number of carbonyl (C=O) groups is 1. The highest BCUT2D eigenvalue weighted by Gasteiger charge is 2.14. The van der Waals surface area contributed by atoms with Gasteiger partial charge in [-0.2, -0.15) is 8.78 Å². The molecule has 1 heterocycles. The number of alkyl halides is 2. The summed E-state index contributed by atoms with van der Waals surface area (Å²) in [6, 6.07) is 11.9. The molecule has 0 saturated heterocycles. The van der Waals surface area contributed by atoms with E-state index in [9.17, 15) is 13.6 Å². The Morgan fingerprint density at radius 1 is 1.22 bits per heavy atom. The number of para-hydroxylation sites is 1. The quantitative estimate of drug-likeness (QED) is 0.575. The normalized spacial score (nSPS) is 11.0. The van der Waals surface area contributed by atoms with Gasteiger partial charge in [-0.1, -0.05) is 18.2 Å². The average Bonchev–Trinajstić information content (AvgIpc) is 3.07. The Balaban J connectivity index is 1.63. The van der Waals surface area contributed by atoms with Crippen LogP contribution in [-0.4, -0.2) is 26.2 Å². The van der Waals surface area contributed by atoms with E-state index in [0.717, 1.165) is 15.4 Å². The molecule has 3 rings (SSSR count). The lowest BCUT2D eigenvalue weighted by Gasteiger charge is -2.11. The van der Waals surface area contributed by atoms with E-state index in [1.165, 1.54) is 13.2 Å². The first kappa shape index (κ1) is 19.2. The topological polar surface area (TPSA) is 60.7 Å². The Hall–Kier alpha value is -2.61. The van der Waals surface area contributed by atoms with Crippen molar-refractivity contribution in [2.45, 2.75) is 13.0 Å². The molecule has 1 aromatic heterocycles. The maximum atomic E-state index is 12.5. The molecule has 2 aromatic carbocycles. The maximum absolute atomic E-state index is 12.5. The Labute approximate surface area is 162 Å². The van der Waals surface area contributed by atoms with Crippen LogP contribution in [0, 0.1) is 0 Å². The fraction of sp³-hybridized carbons (Fsp3) is 0.211. The first-order valence-corrected chi connectivity index (χ1v) is 8.85. The Kier molecular flexibility index (Phi) is 5.95. The molecule has 3 aromatic rings. The molecule has 142 valence electrons. The third-order valence-electron chi connectivity index (χ3n) is 3.86. The largest absolute Gasteiger partial charge is 0.493 e. The molecule has 0 atom stereocenters. The summed E-state index contributed by atoms with van der Waals surface area (Å²) in [7, 11) is 1.37. The van der Waals surface area contributed by atoms with Gasteiger partial charge in [-0.25, -0.2) is 0 Å². The van der Waals surface area contributed by atoms with E-state index in [4.69, 9.17) is 9.15 Å². The number of hydrogen-bond donors (Lipinski definition) is 1. The number of furan rings is 1. The van der Waals surface area contributed by atoms with Crippen molar-refractivity contribution in [1.82, 2.24) is 5.32 Å². The van der Waals surface area contributed by atoms with Crippen molar-refractivity contribution < 1.29 is 27.5 Å². The van der Waals surface area contributed by atoms with Gasteiger partial charge in [0.25, 0.3) is 5.91 Å². The summed E-state index contributed by atoms with van der Waals surface area (Å²) in [5, 5.41) is 3.57. The van der Waals surface area contributed by atoms with Crippen LogP contribution in [0.15, 0.2) is 51.4 Å². The standard InChI is InChI=1S/C19H16BrF2NO4/c1-25-14-6-5-11(9-15(14)27-19(21)22)7-8-23-18(24)16-10-12-3-2-4-13(20)17(12)26-16/h2-6,9-10,19H,7-8H2,1H3,(H,23,24). The molecule has 5 nitrogen and oxygen atoms in total. The number of rotatable bonds is 7. The lowest BCUT2D eigenvalue weighted by atomic mass is 10.1. The number of carbonyl (C=O) groups excluding carboxylic acids is 1. The van der Waals surface area contributed by atoms with Crippen molar-refractivity contribution in [2.24, 2.45) is 0 Å². The van der Waals surface area contributed by atoms with E-state index < -0.39 is 6.61 Å². The van der Waals surface area contributed by atoms with Gasteiger partial charge in [-0.05, 0) is 52.2 Å². The van der Waals surface area contributed by atoms with Crippen LogP contribution in [0.2, 0.25) is 0 Å². The molecule has 0 bridgehead atoms. The fourth-order valence-electron chi connectivity index (χ4n) is 2.61. The molecule has 8 heteroatoms. The van der Waals surface area contributed by atoms with Crippen LogP contribution in [0.3, 0.4) is 0 Å². The molecule has 0 aliphatic carbocycles. The van der Waals surface area contributed by atoms with Crippen molar-refractivity contribution >= 4 is 32.8 Å². The second-order valence-corrected chi connectivity index (χ2v) is 6.49. The SMILES string of the molecule is COc1ccc(CCNC(=O)c2cc3cccc(Br)c3o2)cc1OC(F)F. The van der Waals surface area contributed by atoms with Crippen LogP contribution in [0.25, 0.3) is 11.0 Å². The minimum atomic E-state index is -2.94. The lowest BCUT2D eigenvalue weighted by Crippen LogP contribution is -2.25. The third kappa shape index (κ3) is 4.57. The van der Waals surface area contributed by atoms with Crippen LogP contribution < -0.4 is 14.8 Å². The number of benzene rings is 2. The van der Waals surface area contributed by atoms with E-state index in [1.807, 2.05) is 18.2 Å². The van der Waals surface area contributed by atoms with Crippen molar-refractivity contribution in [3.63, 3.8) is 0 Å². The predicted molar refractivity (Wildman–Crippen MR) is 99.6 cm³/mol. The zero-order chi connectivity index (χ0) is 19.4. The smallest absolute Gasteiger partial charge is 0.387 e. The van der Waals surface area contributed by atoms with Crippen LogP contribution in [0.5, 0.6) is 11.5 Å². The zero-order valence-electron chi connectivity index (χ0n) is 14.3. The van der Waals surface area contributed by atoms with Gasteiger partial charge in [0.15, 0.2) is 17.3 Å². The molecule has 0 aliphatic rings. The fourth-order valence-corrected chi connectivity index (χ4v) is 3.07. The van der Waals surface area contributed by atoms with Crippen LogP contribution in [0.1, 0.15) is 16.1 Å². The molecular formula is C19H16BrF2NO4. The molecule has 0 fully saturated rings. The van der Waals surface area contributed by atoms with Crippen LogP contribution >= 0.6 is 15.9 Å². The van der Waals surface area contributed by atoms with E-state index >= 15 is 0 Å². The second-order valence-electron chi connectivity index (χ2n) is 5.64. The first-order chi connectivity index (χ1) is 13.0. The van der Waals surface area contributed by atoms with Gasteiger partial charge < -0.3 is 19.2 Å². The highest BCUT2D eigenvalue weighted by Crippen LogP contribution is 2.30. The van der Waals surface area contributed by atoms with E-state index in [0.29, 0.717) is 18.5 Å². The average molecular weight is 440 g/mol. The van der Waals surface area contributed by atoms with E-state index in [1.54, 1.807) is 18.2 Å². The summed E-state index contributed by atoms with van der Waals surface area (Å²) in [5.41, 5.74) is 1.32. The molecule has 0 spiro atoms. The summed E-state index contributed by atoms with van der Waals surface area (Å²) in [4.78, 5) is 12.3. The van der Waals surface area contributed by atoms with Crippen LogP contribution in [0.4, 0.5) is 8.78 Å². The van der Waals surface area contributed by atoms with Crippen molar-refractivity contribution in [3.05, 3.63) is 58.3 Å². The zero-order valence-corrected chi connectivity index (χ0v) is 15.9. The first-order valence-electron chi connectivity index (χ1n) is 8.06. The Morgan fingerprint density at radius 2 is 2.04 bits per heavy atom. The second kappa shape index (κ2) is 8.39. The number of ether oxygens (including phenoxy) is 2. The number of fused-ring (bicyclic) bond motifs is 1. The summed E-state index contributed by atoms with van der Waals surface area (Å²) < 4.78 is 40.8. The summed E-state index contributed by atoms with van der Waals surface area (Å²) in [6.07, 6.45) is 0.430. The number of hydrogen-bond acceptors (Lipinski definition) is 4. The lowest BCUT2D eigenvalue weighted by molar-refractivity contribution is -0.0512. The van der Waals surface area contributed by atoms with Gasteiger partial charge in [0.1, 0.15) is 5.58 Å². The van der Waals surface area contributed by atoms with Gasteiger partial charge in [0.2, 0.25) is 0 Å². The molecule has 0 aliphatic heterocycles. The van der Waals surface area contributed by atoms with Gasteiger partial charge in [-0.15, -0.1) is 0 Å². The minimum Gasteiger partial charge on any atom is -0.493 e. The minimum absolute atomic E-state index is 0.0431. The number of halogens is 3. The van der Waals surface area contributed by atoms with Gasteiger partial charge in [0.05, 0.1) is 11.6 Å². The highest BCUT2D eigenvalue weighted by molar-refractivity contribution is 9.10. The molecule has 0 unspecified atom stereocenters. The third-order valence-corrected chi connectivity index (χ3v) is 4.49. The van der Waals surface area contributed by atoms with Crippen LogP contribution in [-0.2, 0) is 6.42 Å². The van der Waals surface area contributed by atoms with Gasteiger partial charge in [-0.3, -0.25) is 4.79 Å². The summed E-state index contributed by atoms with van der Waals surface area (Å²) in [6.45, 7) is -2.64. The predicted octanol–water partition coefficient (Wildman–Crippen LogP) is 4.78. The number of methoxy groups -OCH3 is 1. The molecule has 1 N–H and O–H groups in total. The Bertz CT molecular complexity index is 958. The number of nitrogens with one attached hydrogen (secondary N) is 1.